The van der Waals surface area contributed by atoms with E-state index in [1.165, 1.54) is 31.5 Å². The number of imidazole rings is 1. The number of carbonyl (C=O) groups is 2. The first-order chi connectivity index (χ1) is 18.8. The summed E-state index contributed by atoms with van der Waals surface area (Å²) in [5.74, 6) is -2.06. The summed E-state index contributed by atoms with van der Waals surface area (Å²) in [6.07, 6.45) is 3.46. The van der Waals surface area contributed by atoms with Crippen LogP contribution < -0.4 is 16.1 Å². The molecule has 1 aliphatic rings. The van der Waals surface area contributed by atoms with Crippen molar-refractivity contribution in [3.8, 4) is 0 Å². The first kappa shape index (κ1) is 26.3. The maximum atomic E-state index is 15.9. The highest BCUT2D eigenvalue weighted by molar-refractivity contribution is 6.04. The SMILES string of the molecule is CC(=O)Nc1cccc(Cn2cnc3c(F)c(Nc4ccc(C5CC5)cc4F)c(C(=O)NOCCO)cc32)c1. The van der Waals surface area contributed by atoms with Crippen LogP contribution in [0.5, 0.6) is 0 Å². The molecule has 1 aliphatic carbocycles. The van der Waals surface area contributed by atoms with Crippen LogP contribution in [0.1, 0.15) is 47.2 Å². The van der Waals surface area contributed by atoms with E-state index in [4.69, 9.17) is 9.94 Å². The van der Waals surface area contributed by atoms with E-state index in [9.17, 15) is 14.0 Å². The molecule has 4 aromatic rings. The van der Waals surface area contributed by atoms with Crippen LogP contribution in [0.15, 0.2) is 54.9 Å². The smallest absolute Gasteiger partial charge is 0.277 e. The number of hydrogen-bond acceptors (Lipinski definition) is 6. The molecule has 0 unspecified atom stereocenters. The van der Waals surface area contributed by atoms with Gasteiger partial charge < -0.3 is 20.3 Å². The second kappa shape index (κ2) is 11.2. The molecule has 3 aromatic carbocycles. The van der Waals surface area contributed by atoms with Crippen molar-refractivity contribution in [1.29, 1.82) is 0 Å². The fourth-order valence-electron chi connectivity index (χ4n) is 4.39. The molecule has 0 radical (unpaired) electrons. The van der Waals surface area contributed by atoms with Crippen molar-refractivity contribution < 1.29 is 28.3 Å². The average molecular weight is 536 g/mol. The Morgan fingerprint density at radius 1 is 1.15 bits per heavy atom. The first-order valence-corrected chi connectivity index (χ1v) is 12.5. The Morgan fingerprint density at radius 2 is 1.97 bits per heavy atom. The number of nitrogens with zero attached hydrogens (tertiary/aromatic N) is 2. The van der Waals surface area contributed by atoms with Crippen molar-refractivity contribution in [2.75, 3.05) is 23.8 Å². The number of aromatic nitrogens is 2. The van der Waals surface area contributed by atoms with Gasteiger partial charge in [-0.25, -0.2) is 19.2 Å². The topological polar surface area (TPSA) is 118 Å². The van der Waals surface area contributed by atoms with Crippen molar-refractivity contribution in [3.63, 3.8) is 0 Å². The molecule has 0 saturated heterocycles. The molecule has 5 rings (SSSR count). The first-order valence-electron chi connectivity index (χ1n) is 12.5. The lowest BCUT2D eigenvalue weighted by molar-refractivity contribution is -0.114. The molecule has 11 heteroatoms. The Kier molecular flexibility index (Phi) is 7.53. The Balaban J connectivity index is 1.52. The summed E-state index contributed by atoms with van der Waals surface area (Å²) in [6, 6.07) is 13.3. The minimum absolute atomic E-state index is 0.0113. The highest BCUT2D eigenvalue weighted by Crippen LogP contribution is 2.41. The van der Waals surface area contributed by atoms with Crippen LogP contribution in [0.25, 0.3) is 11.0 Å². The monoisotopic (exact) mass is 535 g/mol. The van der Waals surface area contributed by atoms with Gasteiger partial charge >= 0.3 is 0 Å². The zero-order valence-corrected chi connectivity index (χ0v) is 21.1. The van der Waals surface area contributed by atoms with E-state index in [0.29, 0.717) is 17.1 Å². The molecule has 1 fully saturated rings. The third-order valence-corrected chi connectivity index (χ3v) is 6.36. The predicted molar refractivity (Wildman–Crippen MR) is 142 cm³/mol. The van der Waals surface area contributed by atoms with E-state index < -0.39 is 17.5 Å². The van der Waals surface area contributed by atoms with Crippen LogP contribution in [0.3, 0.4) is 0 Å². The number of aliphatic hydroxyl groups excluding tert-OH is 1. The summed E-state index contributed by atoms with van der Waals surface area (Å²) in [6.45, 7) is 1.19. The molecular formula is C28H27F2N5O4. The number of anilines is 3. The molecular weight excluding hydrogens is 508 g/mol. The van der Waals surface area contributed by atoms with Gasteiger partial charge in [-0.1, -0.05) is 18.2 Å². The van der Waals surface area contributed by atoms with Crippen LogP contribution in [0.4, 0.5) is 25.8 Å². The lowest BCUT2D eigenvalue weighted by atomic mass is 10.1. The molecule has 0 spiro atoms. The van der Waals surface area contributed by atoms with E-state index in [-0.39, 0.29) is 48.1 Å². The maximum absolute atomic E-state index is 15.9. The number of amides is 2. The fourth-order valence-corrected chi connectivity index (χ4v) is 4.39. The molecule has 0 aliphatic heterocycles. The Morgan fingerprint density at radius 3 is 2.69 bits per heavy atom. The van der Waals surface area contributed by atoms with Crippen LogP contribution in [0, 0.1) is 11.6 Å². The summed E-state index contributed by atoms with van der Waals surface area (Å²) < 4.78 is 32.5. The second-order valence-electron chi connectivity index (χ2n) is 9.38. The molecule has 4 N–H and O–H groups in total. The van der Waals surface area contributed by atoms with Gasteiger partial charge in [0.05, 0.1) is 42.0 Å². The van der Waals surface area contributed by atoms with Gasteiger partial charge in [0, 0.05) is 19.2 Å². The number of rotatable bonds is 10. The van der Waals surface area contributed by atoms with Crippen molar-refractivity contribution in [3.05, 3.63) is 83.2 Å². The lowest BCUT2D eigenvalue weighted by Crippen LogP contribution is -2.26. The molecule has 2 amide bonds. The third-order valence-electron chi connectivity index (χ3n) is 6.36. The van der Waals surface area contributed by atoms with Crippen LogP contribution in [-0.4, -0.2) is 39.7 Å². The van der Waals surface area contributed by atoms with E-state index in [1.54, 1.807) is 28.8 Å². The highest BCUT2D eigenvalue weighted by Gasteiger charge is 2.26. The summed E-state index contributed by atoms with van der Waals surface area (Å²) in [4.78, 5) is 33.6. The molecule has 0 atom stereocenters. The van der Waals surface area contributed by atoms with E-state index in [2.05, 4.69) is 21.1 Å². The van der Waals surface area contributed by atoms with Gasteiger partial charge in [-0.2, -0.15) is 0 Å². The largest absolute Gasteiger partial charge is 0.394 e. The third kappa shape index (κ3) is 5.89. The molecule has 39 heavy (non-hydrogen) atoms. The zero-order valence-electron chi connectivity index (χ0n) is 21.1. The van der Waals surface area contributed by atoms with Crippen LogP contribution in [0.2, 0.25) is 0 Å². The molecule has 1 heterocycles. The Labute approximate surface area is 222 Å². The molecule has 1 aromatic heterocycles. The minimum atomic E-state index is -0.837. The number of hydrogen-bond donors (Lipinski definition) is 4. The quantitative estimate of drug-likeness (QED) is 0.174. The van der Waals surface area contributed by atoms with Gasteiger partial charge in [0.15, 0.2) is 5.82 Å². The molecule has 9 nitrogen and oxygen atoms in total. The van der Waals surface area contributed by atoms with E-state index >= 15 is 4.39 Å². The van der Waals surface area contributed by atoms with Crippen molar-refractivity contribution in [2.24, 2.45) is 0 Å². The number of hydroxylamine groups is 1. The van der Waals surface area contributed by atoms with E-state index in [0.717, 1.165) is 24.0 Å². The van der Waals surface area contributed by atoms with E-state index in [1.807, 2.05) is 6.07 Å². The van der Waals surface area contributed by atoms with Gasteiger partial charge in [0.25, 0.3) is 5.91 Å². The number of carbonyl (C=O) groups excluding carboxylic acids is 2. The van der Waals surface area contributed by atoms with Gasteiger partial charge in [-0.05, 0) is 60.2 Å². The highest BCUT2D eigenvalue weighted by atomic mass is 19.1. The Bertz CT molecular complexity index is 1550. The zero-order chi connectivity index (χ0) is 27.5. The second-order valence-corrected chi connectivity index (χ2v) is 9.38. The maximum Gasteiger partial charge on any atom is 0.277 e. The van der Waals surface area contributed by atoms with Crippen LogP contribution in [-0.2, 0) is 16.2 Å². The lowest BCUT2D eigenvalue weighted by Gasteiger charge is -2.16. The number of halogens is 2. The van der Waals surface area contributed by atoms with Crippen molar-refractivity contribution in [1.82, 2.24) is 15.0 Å². The standard InChI is InChI=1S/C28H27F2N5O4/c1-16(37)32-20-4-2-3-17(11-20)14-35-15-31-27-24(35)13-21(28(38)34-39-10-9-36)26(25(27)30)33-23-8-7-19(12-22(23)29)18-5-6-18/h2-4,7-8,11-13,15,18,33,36H,5-6,9-10,14H2,1H3,(H,32,37)(H,34,38). The molecule has 0 bridgehead atoms. The van der Waals surface area contributed by atoms with Gasteiger partial charge in [0.2, 0.25) is 5.91 Å². The summed E-state index contributed by atoms with van der Waals surface area (Å²) >= 11 is 0. The van der Waals surface area contributed by atoms with Crippen LogP contribution >= 0.6 is 0 Å². The van der Waals surface area contributed by atoms with Gasteiger partial charge in [0.1, 0.15) is 11.3 Å². The number of benzene rings is 3. The fraction of sp³-hybridized carbons (Fsp3) is 0.250. The van der Waals surface area contributed by atoms with Crippen molar-refractivity contribution >= 4 is 39.9 Å². The number of aliphatic hydroxyl groups is 1. The number of nitrogens with one attached hydrogen (secondary N) is 3. The molecule has 1 saturated carbocycles. The normalized spacial score (nSPS) is 12.9. The summed E-state index contributed by atoms with van der Waals surface area (Å²) in [7, 11) is 0. The minimum Gasteiger partial charge on any atom is -0.394 e. The predicted octanol–water partition coefficient (Wildman–Crippen LogP) is 4.60. The summed E-state index contributed by atoms with van der Waals surface area (Å²) in [5.41, 5.74) is 4.39. The van der Waals surface area contributed by atoms with Crippen molar-refractivity contribution in [2.45, 2.75) is 32.2 Å². The van der Waals surface area contributed by atoms with Gasteiger partial charge in [-0.15, -0.1) is 0 Å². The van der Waals surface area contributed by atoms with Gasteiger partial charge in [-0.3, -0.25) is 14.4 Å². The molecule has 202 valence electrons. The summed E-state index contributed by atoms with van der Waals surface area (Å²) in [5, 5.41) is 14.4. The average Bonchev–Trinajstić information content (AvgIpc) is 3.68. The Hall–Kier alpha value is -4.35. The number of fused-ring (bicyclic) bond motifs is 1.